The monoisotopic (exact) mass is 232 g/mol. The Balaban J connectivity index is 0. The minimum atomic E-state index is -0.682. The molecule has 0 aliphatic rings. The molecule has 0 heterocycles. The molecule has 0 aliphatic carbocycles. The van der Waals surface area contributed by atoms with Crippen LogP contribution in [0.25, 0.3) is 0 Å². The van der Waals surface area contributed by atoms with Gasteiger partial charge in [0.25, 0.3) is 0 Å². The maximum atomic E-state index is 10.5. The Bertz CT molecular complexity index is 189. The molecule has 0 fully saturated rings. The summed E-state index contributed by atoms with van der Waals surface area (Å²) in [7, 11) is 1.41. The first-order chi connectivity index (χ1) is 7.49. The average molecular weight is 232 g/mol. The lowest BCUT2D eigenvalue weighted by molar-refractivity contribution is -0.144. The Morgan fingerprint density at radius 1 is 1.25 bits per heavy atom. The van der Waals surface area contributed by atoms with Crippen molar-refractivity contribution < 1.29 is 19.4 Å². The molecule has 4 nitrogen and oxygen atoms in total. The lowest BCUT2D eigenvalue weighted by Gasteiger charge is -2.02. The van der Waals surface area contributed by atoms with E-state index in [0.29, 0.717) is 6.42 Å². The third-order valence-corrected chi connectivity index (χ3v) is 2.21. The van der Waals surface area contributed by atoms with Crippen molar-refractivity contribution in [3.05, 3.63) is 0 Å². The number of methoxy groups -OCH3 is 1. The molecule has 0 amide bonds. The van der Waals surface area contributed by atoms with Gasteiger partial charge < -0.3 is 9.84 Å². The Labute approximate surface area is 98.0 Å². The van der Waals surface area contributed by atoms with Crippen molar-refractivity contribution in [3.8, 4) is 0 Å². The highest BCUT2D eigenvalue weighted by Crippen LogP contribution is 2.00. The zero-order valence-corrected chi connectivity index (χ0v) is 10.8. The van der Waals surface area contributed by atoms with Crippen LogP contribution in [0.3, 0.4) is 0 Å². The van der Waals surface area contributed by atoms with E-state index in [0.717, 1.165) is 25.7 Å². The highest BCUT2D eigenvalue weighted by Gasteiger charge is 2.08. The molecule has 0 spiro atoms. The standard InChI is InChI=1S/2C6H12O2/c1-4-5(2)6(7)8-3;1-2-3-4-5-6(7)8/h5H,4H2,1-3H3;2-5H2,1H3,(H,7,8). The third kappa shape index (κ3) is 12.9. The summed E-state index contributed by atoms with van der Waals surface area (Å²) in [5, 5.41) is 8.14. The van der Waals surface area contributed by atoms with Crippen molar-refractivity contribution >= 4 is 11.9 Å². The number of hydrogen-bond donors (Lipinski definition) is 1. The van der Waals surface area contributed by atoms with Crippen LogP contribution in [0.15, 0.2) is 0 Å². The molecule has 0 saturated heterocycles. The van der Waals surface area contributed by atoms with Gasteiger partial charge in [-0.1, -0.05) is 33.6 Å². The Morgan fingerprint density at radius 2 is 1.81 bits per heavy atom. The number of carbonyl (C=O) groups excluding carboxylic acids is 1. The van der Waals surface area contributed by atoms with Gasteiger partial charge in [0.1, 0.15) is 0 Å². The fourth-order valence-electron chi connectivity index (χ4n) is 0.894. The van der Waals surface area contributed by atoms with Crippen LogP contribution in [0, 0.1) is 5.92 Å². The smallest absolute Gasteiger partial charge is 0.308 e. The van der Waals surface area contributed by atoms with E-state index >= 15 is 0 Å². The molecule has 0 radical (unpaired) electrons. The summed E-state index contributed by atoms with van der Waals surface area (Å²) in [4.78, 5) is 20.4. The lowest BCUT2D eigenvalue weighted by atomic mass is 10.1. The summed E-state index contributed by atoms with van der Waals surface area (Å²) in [6.45, 7) is 5.87. The molecular weight excluding hydrogens is 208 g/mol. The van der Waals surface area contributed by atoms with Crippen LogP contribution >= 0.6 is 0 Å². The van der Waals surface area contributed by atoms with Gasteiger partial charge >= 0.3 is 11.9 Å². The molecule has 16 heavy (non-hydrogen) atoms. The Kier molecular flexibility index (Phi) is 13.0. The number of carboxylic acids is 1. The van der Waals surface area contributed by atoms with Gasteiger partial charge in [0.05, 0.1) is 13.0 Å². The van der Waals surface area contributed by atoms with Crippen LogP contribution in [-0.2, 0) is 14.3 Å². The zero-order valence-electron chi connectivity index (χ0n) is 10.8. The summed E-state index contributed by atoms with van der Waals surface area (Å²) in [5.74, 6) is -0.744. The van der Waals surface area contributed by atoms with Crippen LogP contribution in [-0.4, -0.2) is 24.2 Å². The summed E-state index contributed by atoms with van der Waals surface area (Å²) >= 11 is 0. The first kappa shape index (κ1) is 17.3. The molecule has 0 aliphatic heterocycles. The number of ether oxygens (including phenoxy) is 1. The van der Waals surface area contributed by atoms with Crippen molar-refractivity contribution in [1.82, 2.24) is 0 Å². The normalized spacial score (nSPS) is 11.0. The molecule has 0 saturated carbocycles. The van der Waals surface area contributed by atoms with Crippen LogP contribution in [0.4, 0.5) is 0 Å². The molecule has 0 bridgehead atoms. The van der Waals surface area contributed by atoms with Crippen LogP contribution in [0.5, 0.6) is 0 Å². The first-order valence-corrected chi connectivity index (χ1v) is 5.79. The van der Waals surface area contributed by atoms with E-state index in [1.165, 1.54) is 7.11 Å². The number of carbonyl (C=O) groups is 2. The highest BCUT2D eigenvalue weighted by molar-refractivity contribution is 5.71. The van der Waals surface area contributed by atoms with Crippen LogP contribution in [0.1, 0.15) is 52.9 Å². The molecule has 1 atom stereocenters. The zero-order chi connectivity index (χ0) is 13.0. The minimum absolute atomic E-state index is 0.0556. The SMILES string of the molecule is CCC(C)C(=O)OC.CCCCCC(=O)O. The predicted molar refractivity (Wildman–Crippen MR) is 63.2 cm³/mol. The van der Waals surface area contributed by atoms with Crippen molar-refractivity contribution in [1.29, 1.82) is 0 Å². The molecular formula is C12H24O4. The fourth-order valence-corrected chi connectivity index (χ4v) is 0.894. The van der Waals surface area contributed by atoms with Gasteiger partial charge in [-0.3, -0.25) is 9.59 Å². The molecule has 4 heteroatoms. The second kappa shape index (κ2) is 12.0. The van der Waals surface area contributed by atoms with E-state index in [2.05, 4.69) is 11.7 Å². The number of unbranched alkanes of at least 4 members (excludes halogenated alkanes) is 2. The van der Waals surface area contributed by atoms with E-state index < -0.39 is 5.97 Å². The second-order valence-electron chi connectivity index (χ2n) is 3.68. The van der Waals surface area contributed by atoms with E-state index in [4.69, 9.17) is 5.11 Å². The van der Waals surface area contributed by atoms with Gasteiger partial charge in [0.2, 0.25) is 0 Å². The predicted octanol–water partition coefficient (Wildman–Crippen LogP) is 2.86. The van der Waals surface area contributed by atoms with Crippen LogP contribution < -0.4 is 0 Å². The van der Waals surface area contributed by atoms with Crippen LogP contribution in [0.2, 0.25) is 0 Å². The van der Waals surface area contributed by atoms with Crippen molar-refractivity contribution in [3.63, 3.8) is 0 Å². The van der Waals surface area contributed by atoms with Crippen molar-refractivity contribution in [2.75, 3.05) is 7.11 Å². The van der Waals surface area contributed by atoms with E-state index in [1.807, 2.05) is 13.8 Å². The van der Waals surface area contributed by atoms with E-state index in [1.54, 1.807) is 0 Å². The number of carboxylic acid groups (broad SMARTS) is 1. The maximum absolute atomic E-state index is 10.5. The van der Waals surface area contributed by atoms with Gasteiger partial charge in [0, 0.05) is 6.42 Å². The fraction of sp³-hybridized carbons (Fsp3) is 0.833. The van der Waals surface area contributed by atoms with Gasteiger partial charge in [-0.25, -0.2) is 0 Å². The van der Waals surface area contributed by atoms with Gasteiger partial charge in [-0.2, -0.15) is 0 Å². The van der Waals surface area contributed by atoms with Crippen molar-refractivity contribution in [2.24, 2.45) is 5.92 Å². The molecule has 1 N–H and O–H groups in total. The highest BCUT2D eigenvalue weighted by atomic mass is 16.5. The molecule has 0 rings (SSSR count). The first-order valence-electron chi connectivity index (χ1n) is 5.79. The summed E-state index contributed by atoms with van der Waals surface area (Å²) in [6, 6.07) is 0. The average Bonchev–Trinajstić information content (AvgIpc) is 2.27. The maximum Gasteiger partial charge on any atom is 0.308 e. The van der Waals surface area contributed by atoms with Gasteiger partial charge in [0.15, 0.2) is 0 Å². The number of hydrogen-bond acceptors (Lipinski definition) is 3. The quantitative estimate of drug-likeness (QED) is 0.565. The lowest BCUT2D eigenvalue weighted by Crippen LogP contribution is -2.10. The summed E-state index contributed by atoms with van der Waals surface area (Å²) < 4.78 is 4.46. The number of rotatable bonds is 6. The summed E-state index contributed by atoms with van der Waals surface area (Å²) in [5.41, 5.74) is 0. The minimum Gasteiger partial charge on any atom is -0.481 e. The number of aliphatic carboxylic acids is 1. The topological polar surface area (TPSA) is 63.6 Å². The third-order valence-electron chi connectivity index (χ3n) is 2.21. The van der Waals surface area contributed by atoms with Gasteiger partial charge in [-0.05, 0) is 12.8 Å². The molecule has 1 unspecified atom stereocenters. The van der Waals surface area contributed by atoms with Crippen molar-refractivity contribution in [2.45, 2.75) is 52.9 Å². The Morgan fingerprint density at radius 3 is 2.06 bits per heavy atom. The largest absolute Gasteiger partial charge is 0.481 e. The number of esters is 1. The molecule has 0 aromatic rings. The molecule has 0 aromatic carbocycles. The Hall–Kier alpha value is -1.06. The summed E-state index contributed by atoms with van der Waals surface area (Å²) in [6.07, 6.45) is 4.13. The second-order valence-corrected chi connectivity index (χ2v) is 3.68. The van der Waals surface area contributed by atoms with E-state index in [9.17, 15) is 9.59 Å². The molecule has 0 aromatic heterocycles. The van der Waals surface area contributed by atoms with Gasteiger partial charge in [-0.15, -0.1) is 0 Å². The molecule has 96 valence electrons. The van der Waals surface area contributed by atoms with E-state index in [-0.39, 0.29) is 11.9 Å².